The summed E-state index contributed by atoms with van der Waals surface area (Å²) in [4.78, 5) is 0. The van der Waals surface area contributed by atoms with Gasteiger partial charge in [0.1, 0.15) is 11.5 Å². The molecule has 1 aliphatic rings. The lowest BCUT2D eigenvalue weighted by Crippen LogP contribution is -1.97. The molecule has 0 amide bonds. The Morgan fingerprint density at radius 2 is 1.11 bits per heavy atom. The van der Waals surface area contributed by atoms with Crippen LogP contribution >= 0.6 is 0 Å². The normalized spacial score (nSPS) is 12.1. The van der Waals surface area contributed by atoms with E-state index in [9.17, 15) is 0 Å². The van der Waals surface area contributed by atoms with E-state index in [2.05, 4.69) is 156 Å². The van der Waals surface area contributed by atoms with Crippen molar-refractivity contribution < 1.29 is 4.74 Å². The maximum atomic E-state index is 6.35. The zero-order chi connectivity index (χ0) is 30.2. The van der Waals surface area contributed by atoms with Crippen molar-refractivity contribution in [2.75, 3.05) is 0 Å². The first-order valence-corrected chi connectivity index (χ1v) is 15.8. The molecule has 0 fully saturated rings. The average Bonchev–Trinajstić information content (AvgIpc) is 3.47. The molecule has 0 aliphatic carbocycles. The van der Waals surface area contributed by atoms with Crippen LogP contribution in [0, 0.1) is 0 Å². The number of nitrogens with zero attached hydrogens (tertiary/aromatic N) is 1. The zero-order valence-electron chi connectivity index (χ0n) is 24.9. The van der Waals surface area contributed by atoms with Gasteiger partial charge in [-0.25, -0.2) is 0 Å². The fourth-order valence-corrected chi connectivity index (χ4v) is 7.52. The lowest BCUT2D eigenvalue weighted by Gasteiger charge is -2.22. The second-order valence-corrected chi connectivity index (χ2v) is 12.1. The van der Waals surface area contributed by atoms with E-state index in [0.717, 1.165) is 22.7 Å². The first-order chi connectivity index (χ1) is 22.8. The summed E-state index contributed by atoms with van der Waals surface area (Å²) in [6.07, 6.45) is 0. The number of hydrogen-bond donors (Lipinski definition) is 0. The maximum Gasteiger partial charge on any atom is 0.135 e. The number of benzene rings is 8. The van der Waals surface area contributed by atoms with Gasteiger partial charge in [0.15, 0.2) is 0 Å². The van der Waals surface area contributed by atoms with Gasteiger partial charge in [0, 0.05) is 27.4 Å². The maximum absolute atomic E-state index is 6.35. The quantitative estimate of drug-likeness (QED) is 0.201. The van der Waals surface area contributed by atoms with E-state index in [1.807, 2.05) is 12.1 Å². The van der Waals surface area contributed by atoms with Crippen LogP contribution < -0.4 is 4.74 Å². The highest BCUT2D eigenvalue weighted by Gasteiger charge is 2.21. The smallest absolute Gasteiger partial charge is 0.135 e. The van der Waals surface area contributed by atoms with Crippen LogP contribution in [0.2, 0.25) is 0 Å². The minimum absolute atomic E-state index is 0.912. The molecule has 0 saturated carbocycles. The summed E-state index contributed by atoms with van der Waals surface area (Å²) in [5.74, 6) is 1.83. The molecule has 10 rings (SSSR count). The SMILES string of the molecule is c1cc(-c2ccc(-n3c4ccccc4c4c5ccccc5ccc43)cc2)cc(-c2ccc3c4c(cccc24)-c2ccccc2O3)c1. The number of hydrogen-bond acceptors (Lipinski definition) is 1. The standard InChI is InChI=1S/C44H27NO/c1-2-12-34-29(9-1)21-25-40-43(34)38-14-3-5-17-39(38)45(40)32-22-19-28(20-23-32)30-10-7-11-31(27-30)33-24-26-42-44-36(33)15-8-16-37(44)35-13-4-6-18-41(35)46-42/h1-27H. The van der Waals surface area contributed by atoms with E-state index in [1.54, 1.807) is 0 Å². The Bertz CT molecular complexity index is 2660. The molecule has 46 heavy (non-hydrogen) atoms. The van der Waals surface area contributed by atoms with Gasteiger partial charge in [-0.15, -0.1) is 0 Å². The lowest BCUT2D eigenvalue weighted by molar-refractivity contribution is 0.487. The highest BCUT2D eigenvalue weighted by Crippen LogP contribution is 2.48. The summed E-state index contributed by atoms with van der Waals surface area (Å²) in [6.45, 7) is 0. The minimum Gasteiger partial charge on any atom is -0.456 e. The van der Waals surface area contributed by atoms with Gasteiger partial charge < -0.3 is 9.30 Å². The summed E-state index contributed by atoms with van der Waals surface area (Å²) in [7, 11) is 0. The zero-order valence-corrected chi connectivity index (χ0v) is 24.9. The van der Waals surface area contributed by atoms with Crippen molar-refractivity contribution in [2.24, 2.45) is 0 Å². The summed E-state index contributed by atoms with van der Waals surface area (Å²) in [6, 6.07) is 59.0. The van der Waals surface area contributed by atoms with Gasteiger partial charge in [0.25, 0.3) is 0 Å². The molecule has 2 heterocycles. The first-order valence-electron chi connectivity index (χ1n) is 15.8. The van der Waals surface area contributed by atoms with Gasteiger partial charge in [-0.3, -0.25) is 0 Å². The molecule has 0 atom stereocenters. The van der Waals surface area contributed by atoms with E-state index < -0.39 is 0 Å². The largest absolute Gasteiger partial charge is 0.456 e. The van der Waals surface area contributed by atoms with Crippen LogP contribution in [0.5, 0.6) is 11.5 Å². The number of ether oxygens (including phenoxy) is 1. The number of para-hydroxylation sites is 2. The molecule has 0 spiro atoms. The molecular weight excluding hydrogens is 558 g/mol. The third kappa shape index (κ3) is 3.65. The average molecular weight is 586 g/mol. The number of aromatic nitrogens is 1. The molecule has 0 radical (unpaired) electrons. The van der Waals surface area contributed by atoms with Crippen molar-refractivity contribution in [3.8, 4) is 50.6 Å². The third-order valence-electron chi connectivity index (χ3n) is 9.59. The molecule has 9 aromatic rings. The molecule has 1 aliphatic heterocycles. The van der Waals surface area contributed by atoms with E-state index in [0.29, 0.717) is 0 Å². The van der Waals surface area contributed by atoms with Crippen LogP contribution in [0.15, 0.2) is 164 Å². The van der Waals surface area contributed by atoms with Crippen LogP contribution in [-0.2, 0) is 0 Å². The summed E-state index contributed by atoms with van der Waals surface area (Å²) in [5, 5.41) is 7.52. The molecule has 0 bridgehead atoms. The van der Waals surface area contributed by atoms with Crippen LogP contribution in [-0.4, -0.2) is 4.57 Å². The van der Waals surface area contributed by atoms with Crippen molar-refractivity contribution in [3.63, 3.8) is 0 Å². The molecule has 8 aromatic carbocycles. The summed E-state index contributed by atoms with van der Waals surface area (Å²) >= 11 is 0. The molecular formula is C44H27NO. The Morgan fingerprint density at radius 3 is 2.04 bits per heavy atom. The number of fused-ring (bicyclic) bond motifs is 7. The molecule has 214 valence electrons. The van der Waals surface area contributed by atoms with E-state index in [-0.39, 0.29) is 0 Å². The van der Waals surface area contributed by atoms with Gasteiger partial charge in [-0.2, -0.15) is 0 Å². The highest BCUT2D eigenvalue weighted by atomic mass is 16.5. The Balaban J connectivity index is 1.08. The first kappa shape index (κ1) is 25.2. The fourth-order valence-electron chi connectivity index (χ4n) is 7.52. The fraction of sp³-hybridized carbons (Fsp3) is 0. The number of rotatable bonds is 3. The minimum atomic E-state index is 0.912. The predicted molar refractivity (Wildman–Crippen MR) is 192 cm³/mol. The Labute approximate surface area is 266 Å². The summed E-state index contributed by atoms with van der Waals surface area (Å²) < 4.78 is 8.74. The summed E-state index contributed by atoms with van der Waals surface area (Å²) in [5.41, 5.74) is 10.8. The monoisotopic (exact) mass is 585 g/mol. The van der Waals surface area contributed by atoms with Crippen molar-refractivity contribution in [2.45, 2.75) is 0 Å². The lowest BCUT2D eigenvalue weighted by atomic mass is 9.90. The highest BCUT2D eigenvalue weighted by molar-refractivity contribution is 6.21. The molecule has 2 heteroatoms. The van der Waals surface area contributed by atoms with Crippen LogP contribution in [0.1, 0.15) is 0 Å². The van der Waals surface area contributed by atoms with Crippen LogP contribution in [0.25, 0.3) is 82.4 Å². The Kier molecular flexibility index (Phi) is 5.31. The van der Waals surface area contributed by atoms with E-state index in [1.165, 1.54) is 71.2 Å². The topological polar surface area (TPSA) is 14.2 Å². The molecule has 1 aromatic heterocycles. The van der Waals surface area contributed by atoms with Crippen molar-refractivity contribution in [3.05, 3.63) is 164 Å². The van der Waals surface area contributed by atoms with Crippen molar-refractivity contribution >= 4 is 43.4 Å². The van der Waals surface area contributed by atoms with Crippen LogP contribution in [0.4, 0.5) is 0 Å². The van der Waals surface area contributed by atoms with Gasteiger partial charge >= 0.3 is 0 Å². The van der Waals surface area contributed by atoms with Crippen molar-refractivity contribution in [1.29, 1.82) is 0 Å². The van der Waals surface area contributed by atoms with E-state index >= 15 is 0 Å². The van der Waals surface area contributed by atoms with E-state index in [4.69, 9.17) is 4.74 Å². The second-order valence-electron chi connectivity index (χ2n) is 12.1. The molecule has 0 N–H and O–H groups in total. The van der Waals surface area contributed by atoms with Crippen molar-refractivity contribution in [1.82, 2.24) is 4.57 Å². The second kappa shape index (κ2) is 9.69. The van der Waals surface area contributed by atoms with Gasteiger partial charge in [0.05, 0.1) is 11.0 Å². The van der Waals surface area contributed by atoms with Gasteiger partial charge in [0.2, 0.25) is 0 Å². The molecule has 0 unspecified atom stereocenters. The van der Waals surface area contributed by atoms with Gasteiger partial charge in [-0.05, 0) is 86.4 Å². The third-order valence-corrected chi connectivity index (χ3v) is 9.59. The Hall–Kier alpha value is -6.12. The predicted octanol–water partition coefficient (Wildman–Crippen LogP) is 12.2. The molecule has 2 nitrogen and oxygen atoms in total. The van der Waals surface area contributed by atoms with Crippen LogP contribution in [0.3, 0.4) is 0 Å². The Morgan fingerprint density at radius 1 is 0.370 bits per heavy atom. The van der Waals surface area contributed by atoms with Gasteiger partial charge in [-0.1, -0.05) is 121 Å². The molecule has 0 saturated heterocycles.